The Morgan fingerprint density at radius 3 is 1.91 bits per heavy atom. The summed E-state index contributed by atoms with van der Waals surface area (Å²) >= 11 is 0. The van der Waals surface area contributed by atoms with E-state index in [1.54, 1.807) is 0 Å². The van der Waals surface area contributed by atoms with Gasteiger partial charge in [0.1, 0.15) is 0 Å². The summed E-state index contributed by atoms with van der Waals surface area (Å²) in [6.45, 7) is 11.0. The molecule has 3 nitrogen and oxygen atoms in total. The topological polar surface area (TPSA) is 29.5 Å². The van der Waals surface area contributed by atoms with Crippen molar-refractivity contribution in [1.29, 1.82) is 0 Å². The molecular formula is C19H39NO2. The molecule has 0 aromatic carbocycles. The Morgan fingerprint density at radius 1 is 0.909 bits per heavy atom. The second kappa shape index (κ2) is 15.3. The highest BCUT2D eigenvalue weighted by atomic mass is 16.5. The van der Waals surface area contributed by atoms with Crippen LogP contribution in [0, 0.1) is 0 Å². The van der Waals surface area contributed by atoms with Gasteiger partial charge in [0.2, 0.25) is 5.91 Å². The number of nitrogens with zero attached hydrogens (tertiary/aromatic N) is 1. The minimum Gasteiger partial charge on any atom is -0.378 e. The molecule has 22 heavy (non-hydrogen) atoms. The molecule has 0 aliphatic heterocycles. The average Bonchev–Trinajstić information content (AvgIpc) is 2.53. The molecule has 0 N–H and O–H groups in total. The largest absolute Gasteiger partial charge is 0.378 e. The van der Waals surface area contributed by atoms with E-state index in [1.165, 1.54) is 38.5 Å². The molecule has 0 spiro atoms. The molecule has 0 fully saturated rings. The van der Waals surface area contributed by atoms with E-state index in [1.807, 2.05) is 0 Å². The highest BCUT2D eigenvalue weighted by Gasteiger charge is 2.13. The van der Waals surface area contributed by atoms with Crippen molar-refractivity contribution in [2.24, 2.45) is 0 Å². The van der Waals surface area contributed by atoms with Crippen LogP contribution < -0.4 is 0 Å². The lowest BCUT2D eigenvalue weighted by Crippen LogP contribution is -2.33. The lowest BCUT2D eigenvalue weighted by Gasteiger charge is -2.23. The van der Waals surface area contributed by atoms with Crippen molar-refractivity contribution in [3.63, 3.8) is 0 Å². The summed E-state index contributed by atoms with van der Waals surface area (Å²) in [4.78, 5) is 14.5. The Bertz CT molecular complexity index is 244. The summed E-state index contributed by atoms with van der Waals surface area (Å²) in [5.41, 5.74) is 0. The number of carbonyl (C=O) groups is 1. The number of rotatable bonds is 15. The van der Waals surface area contributed by atoms with Gasteiger partial charge in [-0.1, -0.05) is 59.3 Å². The molecular weight excluding hydrogens is 274 g/mol. The van der Waals surface area contributed by atoms with Crippen molar-refractivity contribution in [3.05, 3.63) is 0 Å². The molecule has 0 saturated carbocycles. The molecule has 0 rings (SSSR count). The monoisotopic (exact) mass is 313 g/mol. The van der Waals surface area contributed by atoms with Crippen LogP contribution in [0.25, 0.3) is 0 Å². The van der Waals surface area contributed by atoms with Crippen molar-refractivity contribution in [2.75, 3.05) is 19.7 Å². The number of unbranched alkanes of at least 4 members (excludes halogenated alkanes) is 6. The molecule has 1 atom stereocenters. The first-order chi connectivity index (χ1) is 10.7. The summed E-state index contributed by atoms with van der Waals surface area (Å²) < 4.78 is 5.65. The first kappa shape index (κ1) is 21.4. The van der Waals surface area contributed by atoms with Gasteiger partial charge in [-0.2, -0.15) is 0 Å². The summed E-state index contributed by atoms with van der Waals surface area (Å²) in [7, 11) is 0. The molecule has 132 valence electrons. The lowest BCUT2D eigenvalue weighted by molar-refractivity contribution is -0.133. The van der Waals surface area contributed by atoms with Gasteiger partial charge in [-0.05, 0) is 26.2 Å². The van der Waals surface area contributed by atoms with E-state index >= 15 is 0 Å². The van der Waals surface area contributed by atoms with Gasteiger partial charge in [0.05, 0.1) is 19.1 Å². The number of hydrogen-bond donors (Lipinski definition) is 0. The van der Waals surface area contributed by atoms with E-state index in [-0.39, 0.29) is 12.0 Å². The lowest BCUT2D eigenvalue weighted by atomic mass is 10.1. The fraction of sp³-hybridized carbons (Fsp3) is 0.947. The van der Waals surface area contributed by atoms with Crippen LogP contribution >= 0.6 is 0 Å². The standard InChI is InChI=1S/C19H39NO2/c1-5-8-10-12-15-20(16-13-11-9-6-2)19(21)14-17-22-18(4)7-3/h18H,5-17H2,1-4H3. The molecule has 0 aliphatic carbocycles. The zero-order valence-corrected chi connectivity index (χ0v) is 15.5. The molecule has 3 heteroatoms. The van der Waals surface area contributed by atoms with Crippen molar-refractivity contribution >= 4 is 5.91 Å². The predicted octanol–water partition coefficient (Wildman–Crippen LogP) is 5.18. The Labute approximate surface area is 138 Å². The number of amides is 1. The summed E-state index contributed by atoms with van der Waals surface area (Å²) in [6, 6.07) is 0. The van der Waals surface area contributed by atoms with Gasteiger partial charge in [-0.25, -0.2) is 0 Å². The predicted molar refractivity (Wildman–Crippen MR) is 95.2 cm³/mol. The van der Waals surface area contributed by atoms with Crippen LogP contribution in [0.1, 0.15) is 91.9 Å². The minimum atomic E-state index is 0.260. The quantitative estimate of drug-likeness (QED) is 0.390. The normalized spacial score (nSPS) is 12.4. The Balaban J connectivity index is 4.07. The van der Waals surface area contributed by atoms with Gasteiger partial charge < -0.3 is 9.64 Å². The van der Waals surface area contributed by atoms with Crippen LogP contribution in [-0.2, 0) is 9.53 Å². The van der Waals surface area contributed by atoms with Crippen molar-refractivity contribution < 1.29 is 9.53 Å². The zero-order chi connectivity index (χ0) is 16.6. The first-order valence-electron chi connectivity index (χ1n) is 9.55. The van der Waals surface area contributed by atoms with Crippen molar-refractivity contribution in [2.45, 2.75) is 98.0 Å². The molecule has 1 unspecified atom stereocenters. The molecule has 1 amide bonds. The molecule has 0 saturated heterocycles. The Morgan fingerprint density at radius 2 is 1.45 bits per heavy atom. The van der Waals surface area contributed by atoms with Crippen LogP contribution in [0.15, 0.2) is 0 Å². The molecule has 0 heterocycles. The van der Waals surface area contributed by atoms with Crippen LogP contribution in [0.4, 0.5) is 0 Å². The second-order valence-electron chi connectivity index (χ2n) is 6.34. The molecule has 0 radical (unpaired) electrons. The van der Waals surface area contributed by atoms with E-state index in [9.17, 15) is 4.79 Å². The maximum Gasteiger partial charge on any atom is 0.224 e. The molecule has 0 aromatic rings. The van der Waals surface area contributed by atoms with E-state index in [2.05, 4.69) is 32.6 Å². The zero-order valence-electron chi connectivity index (χ0n) is 15.5. The van der Waals surface area contributed by atoms with E-state index in [4.69, 9.17) is 4.74 Å². The van der Waals surface area contributed by atoms with Crippen LogP contribution in [-0.4, -0.2) is 36.6 Å². The summed E-state index contributed by atoms with van der Waals surface area (Å²) in [5.74, 6) is 0.274. The smallest absolute Gasteiger partial charge is 0.224 e. The molecule has 0 aromatic heterocycles. The molecule has 0 aliphatic rings. The highest BCUT2D eigenvalue weighted by Crippen LogP contribution is 2.08. The third-order valence-corrected chi connectivity index (χ3v) is 4.21. The van der Waals surface area contributed by atoms with Crippen LogP contribution in [0.5, 0.6) is 0 Å². The first-order valence-corrected chi connectivity index (χ1v) is 9.55. The number of ether oxygens (including phenoxy) is 1. The van der Waals surface area contributed by atoms with Crippen LogP contribution in [0.3, 0.4) is 0 Å². The van der Waals surface area contributed by atoms with Gasteiger partial charge in [0, 0.05) is 13.1 Å². The number of hydrogen-bond acceptors (Lipinski definition) is 2. The molecule has 0 bridgehead atoms. The maximum absolute atomic E-state index is 12.4. The van der Waals surface area contributed by atoms with E-state index < -0.39 is 0 Å². The third kappa shape index (κ3) is 12.0. The second-order valence-corrected chi connectivity index (χ2v) is 6.34. The summed E-state index contributed by atoms with van der Waals surface area (Å²) in [6.07, 6.45) is 11.6. The van der Waals surface area contributed by atoms with Gasteiger partial charge in [-0.3, -0.25) is 4.79 Å². The number of carbonyl (C=O) groups excluding carboxylic acids is 1. The van der Waals surface area contributed by atoms with Gasteiger partial charge in [-0.15, -0.1) is 0 Å². The van der Waals surface area contributed by atoms with Crippen molar-refractivity contribution in [1.82, 2.24) is 4.90 Å². The maximum atomic E-state index is 12.4. The Kier molecular flexibility index (Phi) is 14.9. The fourth-order valence-electron chi connectivity index (χ4n) is 2.44. The van der Waals surface area contributed by atoms with Gasteiger partial charge in [0.25, 0.3) is 0 Å². The fourth-order valence-corrected chi connectivity index (χ4v) is 2.44. The van der Waals surface area contributed by atoms with Crippen LogP contribution in [0.2, 0.25) is 0 Å². The van der Waals surface area contributed by atoms with Gasteiger partial charge >= 0.3 is 0 Å². The minimum absolute atomic E-state index is 0.260. The average molecular weight is 314 g/mol. The van der Waals surface area contributed by atoms with Crippen molar-refractivity contribution in [3.8, 4) is 0 Å². The van der Waals surface area contributed by atoms with E-state index in [0.29, 0.717) is 13.0 Å². The van der Waals surface area contributed by atoms with Gasteiger partial charge in [0.15, 0.2) is 0 Å². The third-order valence-electron chi connectivity index (χ3n) is 4.21. The van der Waals surface area contributed by atoms with E-state index in [0.717, 1.165) is 32.4 Å². The highest BCUT2D eigenvalue weighted by molar-refractivity contribution is 5.76. The Hall–Kier alpha value is -0.570. The SMILES string of the molecule is CCCCCCN(CCCCCC)C(=O)CCOC(C)CC. The summed E-state index contributed by atoms with van der Waals surface area (Å²) in [5, 5.41) is 0.